The van der Waals surface area contributed by atoms with E-state index in [-0.39, 0.29) is 17.3 Å². The molecule has 4 heteroatoms. The second-order valence-corrected chi connectivity index (χ2v) is 4.91. The van der Waals surface area contributed by atoms with Gasteiger partial charge in [0.2, 0.25) is 0 Å². The number of azo groups is 1. The van der Waals surface area contributed by atoms with E-state index in [0.717, 1.165) is 5.56 Å². The molecule has 88 valence electrons. The lowest BCUT2D eigenvalue weighted by Gasteiger charge is -2.10. The predicted octanol–water partition coefficient (Wildman–Crippen LogP) is 2.16. The van der Waals surface area contributed by atoms with E-state index in [1.807, 2.05) is 30.3 Å². The minimum absolute atomic E-state index is 0.185. The van der Waals surface area contributed by atoms with Crippen LogP contribution < -0.4 is 0 Å². The summed E-state index contributed by atoms with van der Waals surface area (Å²) in [6.07, 6.45) is 0. The summed E-state index contributed by atoms with van der Waals surface area (Å²) in [4.78, 5) is 11.8. The first-order valence-corrected chi connectivity index (χ1v) is 5.69. The Morgan fingerprint density at radius 1 is 1.41 bits per heavy atom. The van der Waals surface area contributed by atoms with Crippen molar-refractivity contribution in [3.05, 3.63) is 35.9 Å². The van der Waals surface area contributed by atoms with E-state index in [1.54, 1.807) is 0 Å². The molecule has 0 saturated heterocycles. The van der Waals surface area contributed by atoms with E-state index in [1.165, 1.54) is 7.11 Å². The average molecular weight is 230 g/mol. The van der Waals surface area contributed by atoms with Crippen LogP contribution in [0.25, 0.3) is 0 Å². The van der Waals surface area contributed by atoms with E-state index in [4.69, 9.17) is 4.74 Å². The van der Waals surface area contributed by atoms with Gasteiger partial charge < -0.3 is 4.74 Å². The fraction of sp³-hybridized carbons (Fsp3) is 0.462. The van der Waals surface area contributed by atoms with Crippen molar-refractivity contribution in [3.63, 3.8) is 0 Å². The van der Waals surface area contributed by atoms with Crippen molar-refractivity contribution in [1.82, 2.24) is 0 Å². The minimum atomic E-state index is -0.485. The Morgan fingerprint density at radius 2 is 2.12 bits per heavy atom. The molecule has 0 aromatic heterocycles. The zero-order valence-electron chi connectivity index (χ0n) is 9.88. The van der Waals surface area contributed by atoms with E-state index in [2.05, 4.69) is 17.2 Å². The maximum absolute atomic E-state index is 11.8. The Kier molecular flexibility index (Phi) is 1.94. The van der Waals surface area contributed by atoms with Crippen LogP contribution in [0.15, 0.2) is 40.6 Å². The summed E-state index contributed by atoms with van der Waals surface area (Å²) in [7, 11) is 1.43. The van der Waals surface area contributed by atoms with Crippen LogP contribution in [0.5, 0.6) is 0 Å². The first-order valence-electron chi connectivity index (χ1n) is 5.69. The quantitative estimate of drug-likeness (QED) is 0.731. The van der Waals surface area contributed by atoms with Crippen LogP contribution in [0.1, 0.15) is 12.5 Å². The Morgan fingerprint density at radius 3 is 2.76 bits per heavy atom. The third-order valence-electron chi connectivity index (χ3n) is 4.12. The molecule has 1 heterocycles. The molecule has 1 aliphatic carbocycles. The zero-order valence-corrected chi connectivity index (χ0v) is 9.88. The van der Waals surface area contributed by atoms with Crippen molar-refractivity contribution in [2.24, 2.45) is 21.6 Å². The molecule has 2 aliphatic rings. The van der Waals surface area contributed by atoms with Crippen LogP contribution >= 0.6 is 0 Å². The molecule has 0 amide bonds. The first kappa shape index (κ1) is 10.4. The molecule has 0 bridgehead atoms. The van der Waals surface area contributed by atoms with Crippen molar-refractivity contribution >= 4 is 5.97 Å². The summed E-state index contributed by atoms with van der Waals surface area (Å²) in [6.45, 7) is 2.66. The number of hydrogen-bond acceptors (Lipinski definition) is 4. The van der Waals surface area contributed by atoms with Gasteiger partial charge in [0, 0.05) is 5.41 Å². The Bertz CT molecular complexity index is 499. The summed E-state index contributed by atoms with van der Waals surface area (Å²) in [5.74, 6) is -0.380. The normalized spacial score (nSPS) is 37.6. The number of rotatable bonds is 2. The van der Waals surface area contributed by atoms with Crippen LogP contribution in [0.3, 0.4) is 0 Å². The van der Waals surface area contributed by atoms with E-state index in [0.29, 0.717) is 6.54 Å². The van der Waals surface area contributed by atoms with Gasteiger partial charge >= 0.3 is 5.97 Å². The molecule has 1 saturated carbocycles. The molecule has 0 radical (unpaired) electrons. The lowest BCUT2D eigenvalue weighted by molar-refractivity contribution is -0.143. The lowest BCUT2D eigenvalue weighted by atomic mass is 9.97. The topological polar surface area (TPSA) is 51.0 Å². The summed E-state index contributed by atoms with van der Waals surface area (Å²) in [5, 5.41) is 8.48. The summed E-state index contributed by atoms with van der Waals surface area (Å²) < 4.78 is 4.88. The lowest BCUT2D eigenvalue weighted by Crippen LogP contribution is -2.14. The van der Waals surface area contributed by atoms with E-state index < -0.39 is 5.54 Å². The highest BCUT2D eigenvalue weighted by Crippen LogP contribution is 2.73. The minimum Gasteiger partial charge on any atom is -0.469 e. The van der Waals surface area contributed by atoms with Crippen molar-refractivity contribution in [2.75, 3.05) is 13.7 Å². The molecular formula is C13H14N2O2. The molecular weight excluding hydrogens is 216 g/mol. The zero-order chi connectivity index (χ0) is 12.1. The Balaban J connectivity index is 2.08. The van der Waals surface area contributed by atoms with Crippen molar-refractivity contribution in [3.8, 4) is 0 Å². The Hall–Kier alpha value is -1.71. The standard InChI is InChI=1S/C13H14N2O2/c1-12-8-14-15-13(12,10(12)11(16)17-2)9-6-4-3-5-7-9/h3-7,10H,8H2,1-2H3. The highest BCUT2D eigenvalue weighted by atomic mass is 16.5. The van der Waals surface area contributed by atoms with Crippen LogP contribution in [0, 0.1) is 11.3 Å². The van der Waals surface area contributed by atoms with E-state index in [9.17, 15) is 4.79 Å². The maximum atomic E-state index is 11.8. The molecule has 0 N–H and O–H groups in total. The largest absolute Gasteiger partial charge is 0.469 e. The summed E-state index contributed by atoms with van der Waals surface area (Å²) in [5.41, 5.74) is 0.363. The second-order valence-electron chi connectivity index (χ2n) is 4.91. The van der Waals surface area contributed by atoms with Crippen molar-refractivity contribution < 1.29 is 9.53 Å². The van der Waals surface area contributed by atoms with Gasteiger partial charge in [-0.15, -0.1) is 0 Å². The highest BCUT2D eigenvalue weighted by molar-refractivity contribution is 5.82. The number of methoxy groups -OCH3 is 1. The van der Waals surface area contributed by atoms with Gasteiger partial charge in [0.25, 0.3) is 0 Å². The first-order chi connectivity index (χ1) is 8.17. The van der Waals surface area contributed by atoms with Crippen LogP contribution in [-0.2, 0) is 15.1 Å². The number of carbonyl (C=O) groups excluding carboxylic acids is 1. The molecule has 1 aromatic carbocycles. The van der Waals surface area contributed by atoms with Crippen LogP contribution in [-0.4, -0.2) is 19.6 Å². The van der Waals surface area contributed by atoms with Gasteiger partial charge in [0.1, 0.15) is 5.54 Å². The number of benzene rings is 1. The molecule has 4 nitrogen and oxygen atoms in total. The molecule has 0 spiro atoms. The third-order valence-corrected chi connectivity index (χ3v) is 4.12. The second kappa shape index (κ2) is 3.15. The fourth-order valence-corrected chi connectivity index (χ4v) is 3.13. The van der Waals surface area contributed by atoms with Gasteiger partial charge in [-0.1, -0.05) is 37.3 Å². The number of carbonyl (C=O) groups is 1. The van der Waals surface area contributed by atoms with Gasteiger partial charge in [-0.25, -0.2) is 0 Å². The maximum Gasteiger partial charge on any atom is 0.312 e. The van der Waals surface area contributed by atoms with Crippen molar-refractivity contribution in [2.45, 2.75) is 12.5 Å². The highest BCUT2D eigenvalue weighted by Gasteiger charge is 2.81. The van der Waals surface area contributed by atoms with Crippen LogP contribution in [0.2, 0.25) is 0 Å². The number of fused-ring (bicyclic) bond motifs is 1. The Labute approximate surface area is 99.7 Å². The van der Waals surface area contributed by atoms with Gasteiger partial charge in [0.05, 0.1) is 19.6 Å². The third kappa shape index (κ3) is 1.05. The number of esters is 1. The average Bonchev–Trinajstić information content (AvgIpc) is 2.72. The monoisotopic (exact) mass is 230 g/mol. The SMILES string of the molecule is COC(=O)C1C2(C)CN=NC12c1ccccc1. The molecule has 3 unspecified atom stereocenters. The molecule has 1 aromatic rings. The smallest absolute Gasteiger partial charge is 0.312 e. The fourth-order valence-electron chi connectivity index (χ4n) is 3.13. The summed E-state index contributed by atoms with van der Waals surface area (Å²) >= 11 is 0. The van der Waals surface area contributed by atoms with Gasteiger partial charge in [-0.3, -0.25) is 4.79 Å². The van der Waals surface area contributed by atoms with E-state index >= 15 is 0 Å². The van der Waals surface area contributed by atoms with Gasteiger partial charge in [0.15, 0.2) is 0 Å². The molecule has 3 rings (SSSR count). The van der Waals surface area contributed by atoms with Gasteiger partial charge in [-0.05, 0) is 5.56 Å². The summed E-state index contributed by atoms with van der Waals surface area (Å²) in [6, 6.07) is 9.90. The van der Waals surface area contributed by atoms with Gasteiger partial charge in [-0.2, -0.15) is 10.2 Å². The number of hydrogen-bond donors (Lipinski definition) is 0. The number of nitrogens with zero attached hydrogens (tertiary/aromatic N) is 2. The number of ether oxygens (including phenoxy) is 1. The van der Waals surface area contributed by atoms with Crippen LogP contribution in [0.4, 0.5) is 0 Å². The predicted molar refractivity (Wildman–Crippen MR) is 61.5 cm³/mol. The molecule has 1 aliphatic heterocycles. The molecule has 17 heavy (non-hydrogen) atoms. The van der Waals surface area contributed by atoms with Crippen molar-refractivity contribution in [1.29, 1.82) is 0 Å². The molecule has 1 fully saturated rings. The molecule has 3 atom stereocenters.